The lowest BCUT2D eigenvalue weighted by molar-refractivity contribution is 0.283. The first-order chi connectivity index (χ1) is 29.9. The zero-order valence-electron chi connectivity index (χ0n) is 36.0. The lowest BCUT2D eigenvalue weighted by Gasteiger charge is -2.10. The lowest BCUT2D eigenvalue weighted by Crippen LogP contribution is -2.20. The molecule has 5 aromatic carbocycles. The van der Waals surface area contributed by atoms with Crippen molar-refractivity contribution in [2.45, 2.75) is 88.9 Å². The van der Waals surface area contributed by atoms with Crippen molar-refractivity contribution in [1.29, 1.82) is 0 Å². The minimum absolute atomic E-state index is 0.168. The summed E-state index contributed by atoms with van der Waals surface area (Å²) in [7, 11) is -7.47. The molecule has 0 aliphatic carbocycles. The van der Waals surface area contributed by atoms with Crippen molar-refractivity contribution in [2.24, 2.45) is 10.2 Å². The number of ether oxygens (including phenoxy) is 4. The van der Waals surface area contributed by atoms with E-state index in [1.165, 1.54) is 0 Å². The fourth-order valence-corrected chi connectivity index (χ4v) is 7.73. The molecule has 0 amide bonds. The van der Waals surface area contributed by atoms with Gasteiger partial charge in [0, 0.05) is 0 Å². The summed E-state index contributed by atoms with van der Waals surface area (Å²) < 4.78 is 73.7. The average Bonchev–Trinajstić information content (AvgIpc) is 3.27. The second kappa shape index (κ2) is 24.0. The Morgan fingerprint density at radius 2 is 0.661 bits per heavy atom. The van der Waals surface area contributed by atoms with E-state index >= 15 is 0 Å². The number of aryl methyl sites for hydroxylation is 2. The third-order valence-corrected chi connectivity index (χ3v) is 12.3. The molecule has 0 aliphatic heterocycles. The van der Waals surface area contributed by atoms with Crippen LogP contribution in [0.25, 0.3) is 0 Å². The summed E-state index contributed by atoms with van der Waals surface area (Å²) in [6.45, 7) is 9.83. The van der Waals surface area contributed by atoms with Crippen LogP contribution in [-0.2, 0) is 20.0 Å². The molecule has 0 heterocycles. The van der Waals surface area contributed by atoms with Crippen molar-refractivity contribution in [3.05, 3.63) is 144 Å². The standard InChI is InChI=1S/C48H58N4O8S2/c1-37-13-29-47(30-14-37)61(53,54)51-49-39(3)41-17-21-43(22-18-41)57-33-9-5-7-11-35-59-45-25-27-46(28-26-45)60-36-12-8-6-10-34-58-44-23-19-42(20-24-44)40(4)50-52-62(55,56)48-31-15-38(2)16-32-48/h13-32,51-52H,5-12,33-36H2,1-4H3/b49-39-,50-40-. The largest absolute Gasteiger partial charge is 0.494 e. The van der Waals surface area contributed by atoms with Crippen LogP contribution in [0.5, 0.6) is 23.0 Å². The molecule has 14 heteroatoms. The predicted octanol–water partition coefficient (Wildman–Crippen LogP) is 9.74. The number of nitrogens with zero attached hydrogens (tertiary/aromatic N) is 2. The number of nitrogens with one attached hydrogen (secondary N) is 2. The molecule has 5 rings (SSSR count). The van der Waals surface area contributed by atoms with Crippen molar-refractivity contribution in [3.8, 4) is 23.0 Å². The highest BCUT2D eigenvalue weighted by atomic mass is 32.2. The second-order valence-electron chi connectivity index (χ2n) is 15.0. The van der Waals surface area contributed by atoms with Gasteiger partial charge in [-0.2, -0.15) is 36.7 Å². The lowest BCUT2D eigenvalue weighted by atomic mass is 10.1. The van der Waals surface area contributed by atoms with Crippen LogP contribution in [0.1, 0.15) is 87.5 Å². The molecular weight excluding hydrogens is 825 g/mol. The van der Waals surface area contributed by atoms with Gasteiger partial charge in [0.15, 0.2) is 0 Å². The third kappa shape index (κ3) is 15.9. The van der Waals surface area contributed by atoms with E-state index in [1.807, 2.05) is 86.6 Å². The molecular formula is C48H58N4O8S2. The highest BCUT2D eigenvalue weighted by Crippen LogP contribution is 2.20. The fraction of sp³-hybridized carbons (Fsp3) is 0.333. The Bertz CT molecular complexity index is 2230. The van der Waals surface area contributed by atoms with Crippen LogP contribution in [0.2, 0.25) is 0 Å². The molecule has 330 valence electrons. The molecule has 5 aromatic rings. The molecule has 0 radical (unpaired) electrons. The van der Waals surface area contributed by atoms with Crippen molar-refractivity contribution in [3.63, 3.8) is 0 Å². The van der Waals surface area contributed by atoms with Gasteiger partial charge in [0.25, 0.3) is 20.0 Å². The molecule has 0 spiro atoms. The van der Waals surface area contributed by atoms with E-state index in [2.05, 4.69) is 19.9 Å². The molecule has 0 atom stereocenters. The summed E-state index contributed by atoms with van der Waals surface area (Å²) in [5, 5.41) is 8.16. The molecule has 0 aromatic heterocycles. The Balaban J connectivity index is 0.850. The first kappa shape index (κ1) is 47.2. The molecule has 2 N–H and O–H groups in total. The fourth-order valence-electron chi connectivity index (χ4n) is 6.02. The molecule has 0 bridgehead atoms. The van der Waals surface area contributed by atoms with Crippen molar-refractivity contribution in [2.75, 3.05) is 26.4 Å². The van der Waals surface area contributed by atoms with Crippen molar-refractivity contribution >= 4 is 31.5 Å². The molecule has 0 unspecified atom stereocenters. The second-order valence-corrected chi connectivity index (χ2v) is 18.3. The number of benzene rings is 5. The maximum absolute atomic E-state index is 12.5. The topological polar surface area (TPSA) is 154 Å². The number of rotatable bonds is 26. The Morgan fingerprint density at radius 1 is 0.403 bits per heavy atom. The summed E-state index contributed by atoms with van der Waals surface area (Å²) in [6.07, 6.45) is 7.92. The molecule has 62 heavy (non-hydrogen) atoms. The summed E-state index contributed by atoms with van der Waals surface area (Å²) in [4.78, 5) is 4.96. The van der Waals surface area contributed by atoms with Gasteiger partial charge in [0.05, 0.1) is 47.6 Å². The van der Waals surface area contributed by atoms with Crippen LogP contribution in [0.4, 0.5) is 0 Å². The number of hydrogen-bond acceptors (Lipinski definition) is 10. The molecule has 0 saturated heterocycles. The average molecular weight is 883 g/mol. The highest BCUT2D eigenvalue weighted by Gasteiger charge is 2.14. The minimum Gasteiger partial charge on any atom is -0.494 e. The quantitative estimate of drug-likeness (QED) is 0.0316. The van der Waals surface area contributed by atoms with E-state index in [1.54, 1.807) is 62.4 Å². The van der Waals surface area contributed by atoms with Gasteiger partial charge in [-0.1, -0.05) is 35.4 Å². The van der Waals surface area contributed by atoms with E-state index in [0.717, 1.165) is 96.6 Å². The molecule has 0 fully saturated rings. The number of unbranched alkanes of at least 4 members (excludes halogenated alkanes) is 6. The van der Waals surface area contributed by atoms with E-state index in [-0.39, 0.29) is 9.79 Å². The van der Waals surface area contributed by atoms with Crippen LogP contribution in [-0.4, -0.2) is 54.7 Å². The predicted molar refractivity (Wildman–Crippen MR) is 246 cm³/mol. The smallest absolute Gasteiger partial charge is 0.276 e. The van der Waals surface area contributed by atoms with Gasteiger partial charge in [-0.3, -0.25) is 0 Å². The van der Waals surface area contributed by atoms with Gasteiger partial charge in [0.1, 0.15) is 23.0 Å². The maximum atomic E-state index is 12.5. The Kier molecular flexibility index (Phi) is 18.2. The summed E-state index contributed by atoms with van der Waals surface area (Å²) in [5.74, 6) is 3.16. The van der Waals surface area contributed by atoms with E-state index in [0.29, 0.717) is 37.9 Å². The van der Waals surface area contributed by atoms with E-state index < -0.39 is 20.0 Å². The number of hydrogen-bond donors (Lipinski definition) is 2. The van der Waals surface area contributed by atoms with Gasteiger partial charge >= 0.3 is 0 Å². The van der Waals surface area contributed by atoms with E-state index in [4.69, 9.17) is 18.9 Å². The van der Waals surface area contributed by atoms with E-state index in [9.17, 15) is 16.8 Å². The van der Waals surface area contributed by atoms with Gasteiger partial charge in [-0.05, 0) is 187 Å². The van der Waals surface area contributed by atoms with Crippen LogP contribution < -0.4 is 28.6 Å². The maximum Gasteiger partial charge on any atom is 0.276 e. The summed E-state index contributed by atoms with van der Waals surface area (Å²) >= 11 is 0. The van der Waals surface area contributed by atoms with Crippen LogP contribution >= 0.6 is 0 Å². The van der Waals surface area contributed by atoms with Gasteiger partial charge in [0.2, 0.25) is 0 Å². The summed E-state index contributed by atoms with van der Waals surface area (Å²) in [6, 6.07) is 35.9. The Morgan fingerprint density at radius 3 is 0.935 bits per heavy atom. The number of sulfonamides is 2. The van der Waals surface area contributed by atoms with Gasteiger partial charge < -0.3 is 18.9 Å². The third-order valence-electron chi connectivity index (χ3n) is 9.85. The zero-order chi connectivity index (χ0) is 44.2. The zero-order valence-corrected chi connectivity index (χ0v) is 37.6. The first-order valence-corrected chi connectivity index (χ1v) is 23.9. The highest BCUT2D eigenvalue weighted by molar-refractivity contribution is 7.89. The van der Waals surface area contributed by atoms with Crippen LogP contribution in [0, 0.1) is 13.8 Å². The Hall–Kier alpha value is -5.86. The van der Waals surface area contributed by atoms with Crippen molar-refractivity contribution in [1.82, 2.24) is 9.66 Å². The summed E-state index contributed by atoms with van der Waals surface area (Å²) in [5.41, 5.74) is 4.66. The number of hydrazone groups is 2. The first-order valence-electron chi connectivity index (χ1n) is 21.0. The van der Waals surface area contributed by atoms with Crippen LogP contribution in [0.3, 0.4) is 0 Å². The Labute approximate surface area is 367 Å². The monoisotopic (exact) mass is 882 g/mol. The van der Waals surface area contributed by atoms with Gasteiger partial charge in [-0.15, -0.1) is 0 Å². The van der Waals surface area contributed by atoms with Crippen molar-refractivity contribution < 1.29 is 35.8 Å². The molecule has 12 nitrogen and oxygen atoms in total. The molecule has 0 aliphatic rings. The SMILES string of the molecule is C/C(=N/NS(=O)(=O)c1ccc(C)cc1)c1ccc(OCCCCCCOc2ccc(OCCCCCCOc3ccc(/C(C)=N\NS(=O)(=O)c4ccc(C)cc4)cc3)cc2)cc1. The van der Waals surface area contributed by atoms with Gasteiger partial charge in [-0.25, -0.2) is 0 Å². The minimum atomic E-state index is -3.73. The normalized spacial score (nSPS) is 12.1. The van der Waals surface area contributed by atoms with Crippen LogP contribution in [0.15, 0.2) is 141 Å². The molecule has 0 saturated carbocycles.